The van der Waals surface area contributed by atoms with Crippen LogP contribution in [0.4, 0.5) is 23.2 Å². The molecule has 0 saturated heterocycles. The van der Waals surface area contributed by atoms with Gasteiger partial charge in [-0.15, -0.1) is 0 Å². The molecular formula is C15H16F4N2O2. The number of anilines is 1. The Morgan fingerprint density at radius 3 is 2.26 bits per heavy atom. The van der Waals surface area contributed by atoms with Crippen molar-refractivity contribution in [2.75, 3.05) is 18.4 Å². The van der Waals surface area contributed by atoms with Gasteiger partial charge in [-0.2, -0.15) is 0 Å². The summed E-state index contributed by atoms with van der Waals surface area (Å²) >= 11 is 0. The normalized spacial score (nSPS) is 16.9. The highest BCUT2D eigenvalue weighted by Crippen LogP contribution is 2.28. The van der Waals surface area contributed by atoms with E-state index in [-0.39, 0.29) is 25.3 Å². The molecule has 1 fully saturated rings. The number of nitrogens with zero attached hydrogens (tertiary/aromatic N) is 1. The Kier molecular flexibility index (Phi) is 5.70. The van der Waals surface area contributed by atoms with Gasteiger partial charge < -0.3 is 10.4 Å². The molecule has 0 amide bonds. The Balaban J connectivity index is 2.04. The maximum atomic E-state index is 13.7. The maximum absolute atomic E-state index is 13.7. The van der Waals surface area contributed by atoms with Crippen molar-refractivity contribution in [1.82, 2.24) is 0 Å². The van der Waals surface area contributed by atoms with Crippen LogP contribution in [-0.4, -0.2) is 29.7 Å². The summed E-state index contributed by atoms with van der Waals surface area (Å²) in [5, 5.41) is 11.0. The maximum Gasteiger partial charge on any atom is 0.185 e. The lowest BCUT2D eigenvalue weighted by Crippen LogP contribution is -2.17. The summed E-state index contributed by atoms with van der Waals surface area (Å²) in [4.78, 5) is 15.4. The van der Waals surface area contributed by atoms with Crippen molar-refractivity contribution in [1.29, 1.82) is 0 Å². The molecule has 0 aliphatic heterocycles. The first-order chi connectivity index (χ1) is 11.0. The van der Waals surface area contributed by atoms with Gasteiger partial charge in [-0.1, -0.05) is 0 Å². The van der Waals surface area contributed by atoms with Crippen LogP contribution in [-0.2, 0) is 11.4 Å². The van der Waals surface area contributed by atoms with Gasteiger partial charge in [0.2, 0.25) is 0 Å². The fourth-order valence-electron chi connectivity index (χ4n) is 2.40. The van der Waals surface area contributed by atoms with Crippen LogP contribution in [0.25, 0.3) is 0 Å². The summed E-state index contributed by atoms with van der Waals surface area (Å²) in [6, 6.07) is 0. The Hall–Kier alpha value is -1.96. The molecule has 8 heteroatoms. The summed E-state index contributed by atoms with van der Waals surface area (Å²) in [5.74, 6) is -6.33. The first-order valence-corrected chi connectivity index (χ1v) is 7.19. The topological polar surface area (TPSA) is 61.7 Å². The molecule has 0 radical (unpaired) electrons. The van der Waals surface area contributed by atoms with E-state index in [0.717, 1.165) is 12.1 Å². The number of carbonyl (C=O) groups excluding carboxylic acids is 1. The zero-order valence-electron chi connectivity index (χ0n) is 12.3. The Morgan fingerprint density at radius 1 is 1.04 bits per heavy atom. The van der Waals surface area contributed by atoms with Crippen molar-refractivity contribution < 1.29 is 27.5 Å². The van der Waals surface area contributed by atoms with E-state index >= 15 is 0 Å². The molecule has 1 aromatic rings. The largest absolute Gasteiger partial charge is 0.391 e. The molecule has 1 aliphatic rings. The Labute approximate surface area is 130 Å². The zero-order valence-corrected chi connectivity index (χ0v) is 12.3. The lowest BCUT2D eigenvalue weighted by Gasteiger charge is -2.13. The third kappa shape index (κ3) is 3.87. The van der Waals surface area contributed by atoms with E-state index in [2.05, 4.69) is 10.3 Å². The number of hydrogen-bond donors (Lipinski definition) is 2. The van der Waals surface area contributed by atoms with Crippen LogP contribution in [0.2, 0.25) is 0 Å². The molecule has 0 atom stereocenters. The van der Waals surface area contributed by atoms with Crippen LogP contribution in [0, 0.1) is 23.3 Å². The van der Waals surface area contributed by atoms with Crippen LogP contribution in [0.3, 0.4) is 0 Å². The minimum Gasteiger partial charge on any atom is -0.391 e. The average Bonchev–Trinajstić information content (AvgIpc) is 2.53. The molecule has 0 heterocycles. The monoisotopic (exact) mass is 332 g/mol. The van der Waals surface area contributed by atoms with Crippen molar-refractivity contribution in [3.05, 3.63) is 28.8 Å². The quantitative estimate of drug-likeness (QED) is 0.495. The van der Waals surface area contributed by atoms with Crippen LogP contribution < -0.4 is 5.32 Å². The number of rotatable bonds is 5. The second-order valence-corrected chi connectivity index (χ2v) is 5.21. The van der Waals surface area contributed by atoms with Gasteiger partial charge in [-0.25, -0.2) is 17.6 Å². The van der Waals surface area contributed by atoms with Gasteiger partial charge in [0.25, 0.3) is 0 Å². The Morgan fingerprint density at radius 2 is 1.70 bits per heavy atom. The van der Waals surface area contributed by atoms with Crippen LogP contribution >= 0.6 is 0 Å². The van der Waals surface area contributed by atoms with Gasteiger partial charge >= 0.3 is 0 Å². The number of benzene rings is 1. The number of nitrogens with one attached hydrogen (secondary N) is 1. The molecule has 2 rings (SSSR count). The SMILES string of the molecule is O=C1CCCC(=NCCNc2c(F)c(F)c(CO)c(F)c2F)C1. The van der Waals surface area contributed by atoms with Gasteiger partial charge in [-0.3, -0.25) is 9.79 Å². The summed E-state index contributed by atoms with van der Waals surface area (Å²) in [7, 11) is 0. The first-order valence-electron chi connectivity index (χ1n) is 7.19. The summed E-state index contributed by atoms with van der Waals surface area (Å²) < 4.78 is 54.4. The second-order valence-electron chi connectivity index (χ2n) is 5.21. The predicted octanol–water partition coefficient (Wildman–Crippen LogP) is 2.73. The van der Waals surface area contributed by atoms with Gasteiger partial charge in [0.1, 0.15) is 11.5 Å². The average molecular weight is 332 g/mol. The smallest absolute Gasteiger partial charge is 0.185 e. The minimum atomic E-state index is -1.63. The van der Waals surface area contributed by atoms with E-state index in [1.54, 1.807) is 0 Å². The number of carbonyl (C=O) groups is 1. The van der Waals surface area contributed by atoms with Crippen LogP contribution in [0.5, 0.6) is 0 Å². The first kappa shape index (κ1) is 17.4. The molecule has 0 aromatic heterocycles. The van der Waals surface area contributed by atoms with E-state index in [1.165, 1.54) is 0 Å². The number of aliphatic imine (C=N–C) groups is 1. The number of aliphatic hydroxyl groups is 1. The summed E-state index contributed by atoms with van der Waals surface area (Å²) in [6.07, 6.45) is 2.23. The predicted molar refractivity (Wildman–Crippen MR) is 76.5 cm³/mol. The van der Waals surface area contributed by atoms with Crippen molar-refractivity contribution in [2.45, 2.75) is 32.3 Å². The second kappa shape index (κ2) is 7.54. The molecule has 0 unspecified atom stereocenters. The third-order valence-corrected chi connectivity index (χ3v) is 3.58. The van der Waals surface area contributed by atoms with E-state index < -0.39 is 41.1 Å². The van der Waals surface area contributed by atoms with Crippen molar-refractivity contribution in [2.24, 2.45) is 4.99 Å². The molecular weight excluding hydrogens is 316 g/mol. The molecule has 23 heavy (non-hydrogen) atoms. The molecule has 0 spiro atoms. The van der Waals surface area contributed by atoms with E-state index in [4.69, 9.17) is 5.11 Å². The highest BCUT2D eigenvalue weighted by molar-refractivity contribution is 6.03. The van der Waals surface area contributed by atoms with Crippen molar-refractivity contribution in [3.63, 3.8) is 0 Å². The lowest BCUT2D eigenvalue weighted by molar-refractivity contribution is -0.118. The van der Waals surface area contributed by atoms with Crippen LogP contribution in [0.1, 0.15) is 31.2 Å². The van der Waals surface area contributed by atoms with Gasteiger partial charge in [0.15, 0.2) is 23.3 Å². The standard InChI is InChI=1S/C15H16F4N2O2/c16-11-10(7-22)12(17)14(19)15(13(11)18)21-5-4-20-8-2-1-3-9(23)6-8/h21-22H,1-7H2. The molecule has 1 saturated carbocycles. The number of aliphatic hydroxyl groups excluding tert-OH is 1. The summed E-state index contributed by atoms with van der Waals surface area (Å²) in [6.45, 7) is -1.08. The number of ketones is 1. The number of halogens is 4. The molecule has 126 valence electrons. The molecule has 1 aliphatic carbocycles. The molecule has 2 N–H and O–H groups in total. The molecule has 1 aromatic carbocycles. The van der Waals surface area contributed by atoms with Crippen LogP contribution in [0.15, 0.2) is 4.99 Å². The van der Waals surface area contributed by atoms with Crippen molar-refractivity contribution in [3.8, 4) is 0 Å². The highest BCUT2D eigenvalue weighted by Gasteiger charge is 2.24. The fraction of sp³-hybridized carbons (Fsp3) is 0.467. The van der Waals surface area contributed by atoms with Crippen molar-refractivity contribution >= 4 is 17.2 Å². The van der Waals surface area contributed by atoms with Gasteiger partial charge in [0.05, 0.1) is 18.7 Å². The lowest BCUT2D eigenvalue weighted by atomic mass is 9.97. The van der Waals surface area contributed by atoms with E-state index in [1.807, 2.05) is 0 Å². The highest BCUT2D eigenvalue weighted by atomic mass is 19.2. The van der Waals surface area contributed by atoms with Gasteiger partial charge in [0, 0.05) is 25.1 Å². The molecule has 0 bridgehead atoms. The van der Waals surface area contributed by atoms with Gasteiger partial charge in [-0.05, 0) is 12.8 Å². The minimum absolute atomic E-state index is 0.0527. The fourth-order valence-corrected chi connectivity index (χ4v) is 2.40. The zero-order chi connectivity index (χ0) is 17.0. The van der Waals surface area contributed by atoms with E-state index in [0.29, 0.717) is 12.8 Å². The number of Topliss-reactive ketones (excluding diaryl/α,β-unsaturated/α-hetero) is 1. The van der Waals surface area contributed by atoms with E-state index in [9.17, 15) is 22.4 Å². The summed E-state index contributed by atoms with van der Waals surface area (Å²) in [5.41, 5.74) is -1.26. The Bertz CT molecular complexity index is 618. The third-order valence-electron chi connectivity index (χ3n) is 3.58. The number of hydrogen-bond acceptors (Lipinski definition) is 4. The molecule has 4 nitrogen and oxygen atoms in total.